The number of ether oxygens (including phenoxy) is 1. The zero-order chi connectivity index (χ0) is 14.4. The maximum absolute atomic E-state index is 9.45. The van der Waals surface area contributed by atoms with Crippen molar-refractivity contribution in [2.45, 2.75) is 26.0 Å². The smallest absolute Gasteiger partial charge is 0.202 e. The normalized spacial score (nSPS) is 12.3. The third-order valence-corrected chi connectivity index (χ3v) is 3.61. The third kappa shape index (κ3) is 4.26. The molecule has 0 spiro atoms. The van der Waals surface area contributed by atoms with E-state index in [-0.39, 0.29) is 0 Å². The average molecular weight is 293 g/mol. The minimum absolute atomic E-state index is 0.427. The molecule has 2 rings (SSSR count). The molecule has 0 radical (unpaired) electrons. The number of benzene rings is 1. The highest BCUT2D eigenvalue weighted by molar-refractivity contribution is 7.09. The van der Waals surface area contributed by atoms with E-state index in [1.165, 1.54) is 11.5 Å². The van der Waals surface area contributed by atoms with Gasteiger partial charge in [0.1, 0.15) is 5.82 Å². The molecule has 20 heavy (non-hydrogen) atoms. The molecule has 0 aliphatic rings. The predicted molar refractivity (Wildman–Crippen MR) is 79.9 cm³/mol. The van der Waals surface area contributed by atoms with Gasteiger partial charge in [-0.2, -0.15) is 4.37 Å². The lowest BCUT2D eigenvalue weighted by atomic mass is 10.1. The van der Waals surface area contributed by atoms with E-state index in [0.29, 0.717) is 13.2 Å². The van der Waals surface area contributed by atoms with E-state index in [1.54, 1.807) is 14.0 Å². The van der Waals surface area contributed by atoms with Crippen molar-refractivity contribution in [1.29, 1.82) is 0 Å². The van der Waals surface area contributed by atoms with Crippen LogP contribution in [-0.2, 0) is 17.7 Å². The van der Waals surface area contributed by atoms with E-state index in [2.05, 4.69) is 14.7 Å². The van der Waals surface area contributed by atoms with E-state index in [0.717, 1.165) is 28.5 Å². The molecule has 1 aromatic heterocycles. The first kappa shape index (κ1) is 14.9. The fraction of sp³-hybridized carbons (Fsp3) is 0.429. The van der Waals surface area contributed by atoms with Crippen molar-refractivity contribution < 1.29 is 9.84 Å². The van der Waals surface area contributed by atoms with E-state index >= 15 is 0 Å². The maximum Gasteiger partial charge on any atom is 0.202 e. The Morgan fingerprint density at radius 3 is 2.75 bits per heavy atom. The molecule has 108 valence electrons. The van der Waals surface area contributed by atoms with Gasteiger partial charge < -0.3 is 15.2 Å². The first-order valence-corrected chi connectivity index (χ1v) is 7.28. The van der Waals surface area contributed by atoms with Crippen molar-refractivity contribution in [2.75, 3.05) is 19.0 Å². The van der Waals surface area contributed by atoms with Crippen LogP contribution in [0.2, 0.25) is 0 Å². The Labute approximate surface area is 122 Å². The maximum atomic E-state index is 9.45. The SMILES string of the molecule is COCCc1nsc(NCc2ccc(C(C)O)cc2)n1. The van der Waals surface area contributed by atoms with Crippen molar-refractivity contribution >= 4 is 16.7 Å². The molecule has 0 aliphatic heterocycles. The zero-order valence-corrected chi connectivity index (χ0v) is 12.5. The van der Waals surface area contributed by atoms with E-state index in [4.69, 9.17) is 4.74 Å². The molecule has 1 unspecified atom stereocenters. The summed E-state index contributed by atoms with van der Waals surface area (Å²) in [5.74, 6) is 0.809. The number of aromatic nitrogens is 2. The Hall–Kier alpha value is -1.50. The van der Waals surface area contributed by atoms with Gasteiger partial charge in [0.15, 0.2) is 0 Å². The van der Waals surface area contributed by atoms with Crippen LogP contribution in [0.25, 0.3) is 0 Å². The molecular weight excluding hydrogens is 274 g/mol. The number of hydrogen-bond donors (Lipinski definition) is 2. The molecule has 1 atom stereocenters. The van der Waals surface area contributed by atoms with Gasteiger partial charge in [0, 0.05) is 31.6 Å². The van der Waals surface area contributed by atoms with E-state index in [9.17, 15) is 5.11 Å². The molecular formula is C14H19N3O2S. The lowest BCUT2D eigenvalue weighted by Gasteiger charge is -2.06. The van der Waals surface area contributed by atoms with Gasteiger partial charge in [0.2, 0.25) is 5.13 Å². The Morgan fingerprint density at radius 1 is 1.35 bits per heavy atom. The standard InChI is InChI=1S/C14H19N3O2S/c1-10(18)12-5-3-11(4-6-12)9-15-14-16-13(17-20-14)7-8-19-2/h3-6,10,18H,7-9H2,1-2H3,(H,15,16,17). The summed E-state index contributed by atoms with van der Waals surface area (Å²) < 4.78 is 9.26. The number of anilines is 1. The first-order valence-electron chi connectivity index (χ1n) is 6.51. The molecule has 2 N–H and O–H groups in total. The van der Waals surface area contributed by atoms with Crippen molar-refractivity contribution in [1.82, 2.24) is 9.36 Å². The first-order chi connectivity index (χ1) is 9.69. The number of aliphatic hydroxyl groups is 1. The Morgan fingerprint density at radius 2 is 2.10 bits per heavy atom. The van der Waals surface area contributed by atoms with Gasteiger partial charge in [-0.15, -0.1) is 0 Å². The number of nitrogens with zero attached hydrogens (tertiary/aromatic N) is 2. The second-order valence-electron chi connectivity index (χ2n) is 4.53. The molecule has 2 aromatic rings. The molecule has 0 aliphatic carbocycles. The molecule has 0 bridgehead atoms. The average Bonchev–Trinajstić information content (AvgIpc) is 2.91. The summed E-state index contributed by atoms with van der Waals surface area (Å²) in [6, 6.07) is 7.88. The van der Waals surface area contributed by atoms with Crippen LogP contribution < -0.4 is 5.32 Å². The Kier molecular flexibility index (Phi) is 5.46. The minimum Gasteiger partial charge on any atom is -0.389 e. The van der Waals surface area contributed by atoms with Crippen molar-refractivity contribution in [3.8, 4) is 0 Å². The Balaban J connectivity index is 1.86. The van der Waals surface area contributed by atoms with Crippen LogP contribution in [0.5, 0.6) is 0 Å². The highest BCUT2D eigenvalue weighted by Gasteiger charge is 2.04. The number of hydrogen-bond acceptors (Lipinski definition) is 6. The highest BCUT2D eigenvalue weighted by Crippen LogP contribution is 2.15. The van der Waals surface area contributed by atoms with Crippen molar-refractivity contribution in [3.05, 3.63) is 41.2 Å². The molecule has 0 fully saturated rings. The van der Waals surface area contributed by atoms with Crippen LogP contribution in [-0.4, -0.2) is 28.2 Å². The highest BCUT2D eigenvalue weighted by atomic mass is 32.1. The van der Waals surface area contributed by atoms with Crippen molar-refractivity contribution in [2.24, 2.45) is 0 Å². The lowest BCUT2D eigenvalue weighted by Crippen LogP contribution is -2.01. The molecule has 1 aromatic carbocycles. The van der Waals surface area contributed by atoms with Gasteiger partial charge in [-0.05, 0) is 18.1 Å². The quantitative estimate of drug-likeness (QED) is 0.820. The van der Waals surface area contributed by atoms with Gasteiger partial charge in [-0.25, -0.2) is 4.98 Å². The minimum atomic E-state index is -0.427. The third-order valence-electron chi connectivity index (χ3n) is 2.90. The fourth-order valence-corrected chi connectivity index (χ4v) is 2.32. The summed E-state index contributed by atoms with van der Waals surface area (Å²) >= 11 is 1.36. The summed E-state index contributed by atoms with van der Waals surface area (Å²) in [6.45, 7) is 3.09. The van der Waals surface area contributed by atoms with Crippen LogP contribution in [0.4, 0.5) is 5.13 Å². The predicted octanol–water partition coefficient (Wildman–Crippen LogP) is 2.39. The number of rotatable bonds is 7. The number of aliphatic hydroxyl groups excluding tert-OH is 1. The van der Waals surface area contributed by atoms with Crippen LogP contribution in [0, 0.1) is 0 Å². The van der Waals surface area contributed by atoms with E-state index in [1.807, 2.05) is 24.3 Å². The topological polar surface area (TPSA) is 67.3 Å². The van der Waals surface area contributed by atoms with Gasteiger partial charge in [-0.1, -0.05) is 24.3 Å². The molecule has 0 saturated carbocycles. The second kappa shape index (κ2) is 7.33. The summed E-state index contributed by atoms with van der Waals surface area (Å²) in [4.78, 5) is 4.38. The monoisotopic (exact) mass is 293 g/mol. The number of nitrogens with one attached hydrogen (secondary N) is 1. The molecule has 1 heterocycles. The second-order valence-corrected chi connectivity index (χ2v) is 5.28. The van der Waals surface area contributed by atoms with E-state index < -0.39 is 6.10 Å². The fourth-order valence-electron chi connectivity index (χ4n) is 1.71. The summed E-state index contributed by atoms with van der Waals surface area (Å²) in [5.41, 5.74) is 2.06. The Bertz CT molecular complexity index is 525. The van der Waals surface area contributed by atoms with Gasteiger partial charge >= 0.3 is 0 Å². The molecule has 5 nitrogen and oxygen atoms in total. The lowest BCUT2D eigenvalue weighted by molar-refractivity contribution is 0.199. The van der Waals surface area contributed by atoms with Crippen LogP contribution >= 0.6 is 11.5 Å². The van der Waals surface area contributed by atoms with Gasteiger partial charge in [0.25, 0.3) is 0 Å². The largest absolute Gasteiger partial charge is 0.389 e. The van der Waals surface area contributed by atoms with Crippen LogP contribution in [0.15, 0.2) is 24.3 Å². The summed E-state index contributed by atoms with van der Waals surface area (Å²) in [7, 11) is 1.67. The van der Waals surface area contributed by atoms with Gasteiger partial charge in [-0.3, -0.25) is 0 Å². The van der Waals surface area contributed by atoms with Crippen LogP contribution in [0.3, 0.4) is 0 Å². The summed E-state index contributed by atoms with van der Waals surface area (Å²) in [5, 5.41) is 13.5. The summed E-state index contributed by atoms with van der Waals surface area (Å²) in [6.07, 6.45) is 0.307. The molecule has 0 saturated heterocycles. The number of methoxy groups -OCH3 is 1. The zero-order valence-electron chi connectivity index (χ0n) is 11.7. The van der Waals surface area contributed by atoms with Gasteiger partial charge in [0.05, 0.1) is 12.7 Å². The van der Waals surface area contributed by atoms with Crippen LogP contribution in [0.1, 0.15) is 30.0 Å². The molecule has 0 amide bonds. The van der Waals surface area contributed by atoms with Crippen molar-refractivity contribution in [3.63, 3.8) is 0 Å². The molecule has 6 heteroatoms.